The predicted molar refractivity (Wildman–Crippen MR) is 57.2 cm³/mol. The van der Waals surface area contributed by atoms with Crippen molar-refractivity contribution >= 4 is 40.3 Å². The van der Waals surface area contributed by atoms with E-state index in [0.717, 1.165) is 10.8 Å². The van der Waals surface area contributed by atoms with E-state index in [-0.39, 0.29) is 5.15 Å². The normalized spacial score (nSPS) is 10.4. The Morgan fingerprint density at radius 1 is 1.29 bits per heavy atom. The first-order valence-corrected chi connectivity index (χ1v) is 4.67. The third kappa shape index (κ3) is 1.47. The van der Waals surface area contributed by atoms with Gasteiger partial charge in [0.25, 0.3) is 0 Å². The number of nitrogens with zero attached hydrogens (tertiary/aromatic N) is 1. The molecule has 0 unspecified atom stereocenters. The molecule has 0 N–H and O–H groups in total. The van der Waals surface area contributed by atoms with Crippen LogP contribution in [0.4, 0.5) is 0 Å². The van der Waals surface area contributed by atoms with Crippen LogP contribution in [0.25, 0.3) is 10.8 Å². The van der Waals surface area contributed by atoms with Gasteiger partial charge in [0.2, 0.25) is 0 Å². The van der Waals surface area contributed by atoms with E-state index in [1.165, 1.54) is 0 Å². The van der Waals surface area contributed by atoms with Gasteiger partial charge in [-0.2, -0.15) is 0 Å². The summed E-state index contributed by atoms with van der Waals surface area (Å²) in [4.78, 5) is 14.7. The van der Waals surface area contributed by atoms with Crippen molar-refractivity contribution in [2.24, 2.45) is 0 Å². The fourth-order valence-corrected chi connectivity index (χ4v) is 1.68. The van der Waals surface area contributed by atoms with Gasteiger partial charge in [-0.15, -0.1) is 0 Å². The third-order valence-corrected chi connectivity index (χ3v) is 2.50. The standard InChI is InChI=1S/C10H5Cl2NO/c11-7-1-2-8-6(3-7)4-13-10(12)9(8)5-14/h1-5H. The van der Waals surface area contributed by atoms with Crippen LogP contribution in [0.3, 0.4) is 0 Å². The van der Waals surface area contributed by atoms with E-state index in [0.29, 0.717) is 16.9 Å². The molecule has 0 radical (unpaired) electrons. The number of fused-ring (bicyclic) bond motifs is 1. The molecule has 1 heterocycles. The lowest BCUT2D eigenvalue weighted by Crippen LogP contribution is -1.88. The van der Waals surface area contributed by atoms with Gasteiger partial charge in [0, 0.05) is 16.6 Å². The van der Waals surface area contributed by atoms with E-state index in [1.807, 2.05) is 0 Å². The summed E-state index contributed by atoms with van der Waals surface area (Å²) in [5.41, 5.74) is 0.404. The summed E-state index contributed by atoms with van der Waals surface area (Å²) in [5.74, 6) is 0. The van der Waals surface area contributed by atoms with Crippen LogP contribution in [0.15, 0.2) is 24.4 Å². The summed E-state index contributed by atoms with van der Waals surface area (Å²) >= 11 is 11.6. The van der Waals surface area contributed by atoms with Crippen molar-refractivity contribution in [3.8, 4) is 0 Å². The average Bonchev–Trinajstić information content (AvgIpc) is 2.18. The number of aromatic nitrogens is 1. The zero-order valence-electron chi connectivity index (χ0n) is 7.00. The number of carbonyl (C=O) groups is 1. The minimum atomic E-state index is 0.217. The highest BCUT2D eigenvalue weighted by molar-refractivity contribution is 6.34. The molecule has 0 fully saturated rings. The van der Waals surface area contributed by atoms with Gasteiger partial charge in [-0.05, 0) is 17.5 Å². The van der Waals surface area contributed by atoms with Crippen LogP contribution in [-0.2, 0) is 0 Å². The first-order chi connectivity index (χ1) is 6.72. The fraction of sp³-hybridized carbons (Fsp3) is 0. The van der Waals surface area contributed by atoms with Gasteiger partial charge < -0.3 is 0 Å². The van der Waals surface area contributed by atoms with E-state index < -0.39 is 0 Å². The largest absolute Gasteiger partial charge is 0.298 e. The van der Waals surface area contributed by atoms with Crippen molar-refractivity contribution < 1.29 is 4.79 Å². The molecule has 0 aliphatic carbocycles. The lowest BCUT2D eigenvalue weighted by molar-refractivity contribution is 0.112. The predicted octanol–water partition coefficient (Wildman–Crippen LogP) is 3.35. The maximum Gasteiger partial charge on any atom is 0.153 e. The molecule has 0 spiro atoms. The SMILES string of the molecule is O=Cc1c(Cl)ncc2cc(Cl)ccc12. The number of pyridine rings is 1. The topological polar surface area (TPSA) is 30.0 Å². The number of hydrogen-bond donors (Lipinski definition) is 0. The van der Waals surface area contributed by atoms with Crippen molar-refractivity contribution in [1.29, 1.82) is 0 Å². The molecule has 1 aromatic heterocycles. The first kappa shape index (κ1) is 9.44. The number of carbonyl (C=O) groups excluding carboxylic acids is 1. The number of aldehydes is 1. The van der Waals surface area contributed by atoms with E-state index in [4.69, 9.17) is 23.2 Å². The maximum atomic E-state index is 10.8. The highest BCUT2D eigenvalue weighted by Gasteiger charge is 2.06. The van der Waals surface area contributed by atoms with Crippen LogP contribution in [0.2, 0.25) is 10.2 Å². The van der Waals surface area contributed by atoms with Crippen molar-refractivity contribution in [2.75, 3.05) is 0 Å². The summed E-state index contributed by atoms with van der Waals surface area (Å²) in [7, 11) is 0. The number of hydrogen-bond acceptors (Lipinski definition) is 2. The smallest absolute Gasteiger partial charge is 0.153 e. The van der Waals surface area contributed by atoms with Gasteiger partial charge in [-0.25, -0.2) is 4.98 Å². The number of halogens is 2. The molecule has 14 heavy (non-hydrogen) atoms. The van der Waals surface area contributed by atoms with Gasteiger partial charge in [0.15, 0.2) is 6.29 Å². The van der Waals surface area contributed by atoms with E-state index in [9.17, 15) is 4.79 Å². The van der Waals surface area contributed by atoms with Gasteiger partial charge in [0.05, 0.1) is 5.56 Å². The number of benzene rings is 1. The summed E-state index contributed by atoms with van der Waals surface area (Å²) in [6, 6.07) is 5.22. The summed E-state index contributed by atoms with van der Waals surface area (Å²) in [6.07, 6.45) is 2.29. The van der Waals surface area contributed by atoms with Crippen LogP contribution < -0.4 is 0 Å². The molecular weight excluding hydrogens is 221 g/mol. The molecule has 2 aromatic rings. The van der Waals surface area contributed by atoms with Crippen LogP contribution >= 0.6 is 23.2 Å². The van der Waals surface area contributed by atoms with Crippen molar-refractivity contribution in [2.45, 2.75) is 0 Å². The fourth-order valence-electron chi connectivity index (χ4n) is 1.30. The van der Waals surface area contributed by atoms with E-state index in [2.05, 4.69) is 4.98 Å². The number of rotatable bonds is 1. The van der Waals surface area contributed by atoms with Crippen LogP contribution in [-0.4, -0.2) is 11.3 Å². The minimum Gasteiger partial charge on any atom is -0.298 e. The molecule has 2 rings (SSSR count). The summed E-state index contributed by atoms with van der Waals surface area (Å²) < 4.78 is 0. The zero-order chi connectivity index (χ0) is 10.1. The molecular formula is C10H5Cl2NO. The van der Waals surface area contributed by atoms with Crippen molar-refractivity contribution in [3.05, 3.63) is 40.1 Å². The monoisotopic (exact) mass is 225 g/mol. The molecule has 0 saturated heterocycles. The van der Waals surface area contributed by atoms with E-state index in [1.54, 1.807) is 24.4 Å². The quantitative estimate of drug-likeness (QED) is 0.551. The average molecular weight is 226 g/mol. The van der Waals surface area contributed by atoms with Crippen LogP contribution in [0.5, 0.6) is 0 Å². The minimum absolute atomic E-state index is 0.217. The van der Waals surface area contributed by atoms with Gasteiger partial charge in [-0.1, -0.05) is 29.3 Å². The molecule has 4 heteroatoms. The van der Waals surface area contributed by atoms with Crippen molar-refractivity contribution in [1.82, 2.24) is 4.98 Å². The third-order valence-electron chi connectivity index (χ3n) is 1.96. The molecule has 0 atom stereocenters. The maximum absolute atomic E-state index is 10.8. The van der Waals surface area contributed by atoms with Crippen LogP contribution in [0, 0.1) is 0 Å². The molecule has 0 bridgehead atoms. The van der Waals surface area contributed by atoms with Gasteiger partial charge in [-0.3, -0.25) is 4.79 Å². The van der Waals surface area contributed by atoms with Gasteiger partial charge >= 0.3 is 0 Å². The molecule has 0 aliphatic heterocycles. The molecule has 0 amide bonds. The summed E-state index contributed by atoms with van der Waals surface area (Å²) in [5, 5.41) is 2.40. The van der Waals surface area contributed by atoms with Crippen LogP contribution in [0.1, 0.15) is 10.4 Å². The second-order valence-electron chi connectivity index (χ2n) is 2.81. The molecule has 0 aliphatic rings. The molecule has 1 aromatic carbocycles. The Morgan fingerprint density at radius 2 is 2.07 bits per heavy atom. The molecule has 0 saturated carbocycles. The van der Waals surface area contributed by atoms with Gasteiger partial charge in [0.1, 0.15) is 5.15 Å². The first-order valence-electron chi connectivity index (χ1n) is 3.91. The zero-order valence-corrected chi connectivity index (χ0v) is 8.51. The Hall–Kier alpha value is -1.12. The lowest BCUT2D eigenvalue weighted by Gasteiger charge is -2.02. The molecule has 2 nitrogen and oxygen atoms in total. The lowest BCUT2D eigenvalue weighted by atomic mass is 10.1. The highest BCUT2D eigenvalue weighted by Crippen LogP contribution is 2.24. The van der Waals surface area contributed by atoms with Crippen molar-refractivity contribution in [3.63, 3.8) is 0 Å². The summed E-state index contributed by atoms with van der Waals surface area (Å²) in [6.45, 7) is 0. The Kier molecular flexibility index (Phi) is 2.40. The van der Waals surface area contributed by atoms with E-state index >= 15 is 0 Å². The second kappa shape index (κ2) is 3.56. The second-order valence-corrected chi connectivity index (χ2v) is 3.61. The Balaban J connectivity index is 2.88. The Bertz CT molecular complexity index is 511. The Morgan fingerprint density at radius 3 is 2.79 bits per heavy atom. The Labute approximate surface area is 90.5 Å². The molecule has 70 valence electrons. The highest BCUT2D eigenvalue weighted by atomic mass is 35.5.